The highest BCUT2D eigenvalue weighted by Crippen LogP contribution is 2.41. The molecule has 2 aromatic heterocycles. The fourth-order valence-corrected chi connectivity index (χ4v) is 5.60. The quantitative estimate of drug-likeness (QED) is 0.444. The molecule has 0 radical (unpaired) electrons. The Kier molecular flexibility index (Phi) is 5.12. The Morgan fingerprint density at radius 2 is 1.62 bits per heavy atom. The zero-order valence-corrected chi connectivity index (χ0v) is 18.3. The van der Waals surface area contributed by atoms with E-state index < -0.39 is 0 Å². The largest absolute Gasteiger partial charge is 0.369 e. The van der Waals surface area contributed by atoms with Gasteiger partial charge in [-0.1, -0.05) is 60.7 Å². The maximum Gasteiger partial charge on any atom is 0.130 e. The van der Waals surface area contributed by atoms with Gasteiger partial charge in [0.1, 0.15) is 11.3 Å². The summed E-state index contributed by atoms with van der Waals surface area (Å²) in [6.45, 7) is 2.95. The van der Waals surface area contributed by atoms with Crippen molar-refractivity contribution in [3.05, 3.63) is 89.2 Å². The molecule has 2 N–H and O–H groups in total. The average Bonchev–Trinajstić information content (AvgIpc) is 3.58. The van der Waals surface area contributed by atoms with Gasteiger partial charge in [-0.15, -0.1) is 0 Å². The number of rotatable bonds is 6. The van der Waals surface area contributed by atoms with Crippen molar-refractivity contribution < 1.29 is 0 Å². The molecule has 3 heterocycles. The lowest BCUT2D eigenvalue weighted by Gasteiger charge is -2.29. The lowest BCUT2D eigenvalue weighted by atomic mass is 9.97. The zero-order chi connectivity index (χ0) is 21.3. The monoisotopic (exact) mass is 423 g/mol. The molecule has 0 spiro atoms. The highest BCUT2D eigenvalue weighted by atomic mass is 15.2. The van der Waals surface area contributed by atoms with Crippen LogP contribution in [0.1, 0.15) is 47.6 Å². The van der Waals surface area contributed by atoms with E-state index in [4.69, 9.17) is 0 Å². The van der Waals surface area contributed by atoms with Gasteiger partial charge in [0.2, 0.25) is 0 Å². The van der Waals surface area contributed by atoms with Crippen molar-refractivity contribution in [1.29, 1.82) is 0 Å². The first-order valence-electron chi connectivity index (χ1n) is 11.8. The van der Waals surface area contributed by atoms with Gasteiger partial charge < -0.3 is 5.32 Å². The first-order chi connectivity index (χ1) is 15.8. The van der Waals surface area contributed by atoms with Crippen LogP contribution in [0.15, 0.2) is 66.9 Å². The van der Waals surface area contributed by atoms with Crippen molar-refractivity contribution in [1.82, 2.24) is 20.1 Å². The summed E-state index contributed by atoms with van der Waals surface area (Å²) < 4.78 is 0. The second kappa shape index (κ2) is 8.40. The number of nitrogens with one attached hydrogen (secondary N) is 2. The molecule has 5 heteroatoms. The van der Waals surface area contributed by atoms with Crippen LogP contribution in [0, 0.1) is 0 Å². The third-order valence-electron chi connectivity index (χ3n) is 7.18. The zero-order valence-electron chi connectivity index (χ0n) is 18.3. The minimum Gasteiger partial charge on any atom is -0.369 e. The first-order valence-corrected chi connectivity index (χ1v) is 11.8. The van der Waals surface area contributed by atoms with Crippen LogP contribution in [0.2, 0.25) is 0 Å². The molecular formula is C27H29N5. The maximum absolute atomic E-state index is 4.62. The van der Waals surface area contributed by atoms with E-state index in [1.165, 1.54) is 47.0 Å². The lowest BCUT2D eigenvalue weighted by Crippen LogP contribution is -2.32. The van der Waals surface area contributed by atoms with Crippen LogP contribution in [0.3, 0.4) is 0 Å². The van der Waals surface area contributed by atoms with Crippen molar-refractivity contribution >= 4 is 16.7 Å². The molecule has 1 unspecified atom stereocenters. The van der Waals surface area contributed by atoms with E-state index in [1.54, 1.807) is 0 Å². The van der Waals surface area contributed by atoms with Gasteiger partial charge in [0.15, 0.2) is 0 Å². The molecule has 162 valence electrons. The van der Waals surface area contributed by atoms with Gasteiger partial charge in [-0.3, -0.25) is 10.00 Å². The summed E-state index contributed by atoms with van der Waals surface area (Å²) in [5.41, 5.74) is 6.45. The van der Waals surface area contributed by atoms with Gasteiger partial charge in [0.25, 0.3) is 0 Å². The normalized spacial score (nSPS) is 20.0. The number of aromatic amines is 1. The van der Waals surface area contributed by atoms with Gasteiger partial charge in [0, 0.05) is 48.2 Å². The second-order valence-corrected chi connectivity index (χ2v) is 9.20. The molecule has 2 aliphatic rings. The molecule has 5 nitrogen and oxygen atoms in total. The van der Waals surface area contributed by atoms with E-state index in [0.717, 1.165) is 37.4 Å². The number of anilines is 1. The number of nitrogens with zero attached hydrogens (tertiary/aromatic N) is 3. The van der Waals surface area contributed by atoms with Crippen molar-refractivity contribution in [2.75, 3.05) is 11.9 Å². The third-order valence-corrected chi connectivity index (χ3v) is 7.18. The van der Waals surface area contributed by atoms with E-state index in [1.807, 2.05) is 6.20 Å². The molecule has 1 aliphatic heterocycles. The molecule has 2 atom stereocenters. The lowest BCUT2D eigenvalue weighted by molar-refractivity contribution is 0.179. The average molecular weight is 424 g/mol. The number of fused-ring (bicyclic) bond motifs is 3. The molecule has 32 heavy (non-hydrogen) atoms. The van der Waals surface area contributed by atoms with Crippen LogP contribution in [0.5, 0.6) is 0 Å². The molecule has 0 amide bonds. The van der Waals surface area contributed by atoms with E-state index in [9.17, 15) is 0 Å². The van der Waals surface area contributed by atoms with Crippen molar-refractivity contribution in [2.24, 2.45) is 0 Å². The van der Waals surface area contributed by atoms with Crippen LogP contribution in [-0.4, -0.2) is 32.7 Å². The summed E-state index contributed by atoms with van der Waals surface area (Å²) in [7, 11) is 0. The molecule has 4 aromatic rings. The van der Waals surface area contributed by atoms with Crippen LogP contribution in [-0.2, 0) is 19.5 Å². The first kappa shape index (κ1) is 19.5. The molecule has 1 aliphatic carbocycles. The Balaban J connectivity index is 1.27. The van der Waals surface area contributed by atoms with Gasteiger partial charge >= 0.3 is 0 Å². The highest BCUT2D eigenvalue weighted by Gasteiger charge is 2.33. The fourth-order valence-electron chi connectivity index (χ4n) is 5.60. The molecular weight excluding hydrogens is 394 g/mol. The molecule has 1 saturated carbocycles. The predicted octanol–water partition coefficient (Wildman–Crippen LogP) is 5.26. The SMILES string of the molecule is c1ccc(CN(Cc2ccccc2)[C@H]2CCC(c3[nH]nc4cnc5c(c34)CCN5)C2)cc1. The molecule has 0 bridgehead atoms. The highest BCUT2D eigenvalue weighted by molar-refractivity contribution is 5.89. The summed E-state index contributed by atoms with van der Waals surface area (Å²) in [5, 5.41) is 12.8. The summed E-state index contributed by atoms with van der Waals surface area (Å²) in [6, 6.07) is 22.3. The van der Waals surface area contributed by atoms with Crippen molar-refractivity contribution in [3.63, 3.8) is 0 Å². The maximum atomic E-state index is 4.62. The van der Waals surface area contributed by atoms with Gasteiger partial charge in [0.05, 0.1) is 6.20 Å². The van der Waals surface area contributed by atoms with E-state index in [2.05, 4.69) is 86.1 Å². The van der Waals surface area contributed by atoms with Crippen molar-refractivity contribution in [3.8, 4) is 0 Å². The number of benzene rings is 2. The van der Waals surface area contributed by atoms with Crippen LogP contribution < -0.4 is 5.32 Å². The summed E-state index contributed by atoms with van der Waals surface area (Å²) >= 11 is 0. The van der Waals surface area contributed by atoms with Gasteiger partial charge in [-0.05, 0) is 36.8 Å². The third kappa shape index (κ3) is 3.67. The smallest absolute Gasteiger partial charge is 0.130 e. The fraction of sp³-hybridized carbons (Fsp3) is 0.333. The number of H-pyrrole nitrogens is 1. The van der Waals surface area contributed by atoms with E-state index in [-0.39, 0.29) is 0 Å². The number of hydrogen-bond donors (Lipinski definition) is 2. The van der Waals surface area contributed by atoms with Gasteiger partial charge in [-0.25, -0.2) is 4.98 Å². The molecule has 6 rings (SSSR count). The van der Waals surface area contributed by atoms with Crippen LogP contribution in [0.25, 0.3) is 10.9 Å². The second-order valence-electron chi connectivity index (χ2n) is 9.20. The Bertz CT molecular complexity index is 1160. The number of aromatic nitrogens is 3. The minimum atomic E-state index is 0.520. The Morgan fingerprint density at radius 1 is 0.906 bits per heavy atom. The van der Waals surface area contributed by atoms with Crippen LogP contribution >= 0.6 is 0 Å². The molecule has 0 saturated heterocycles. The Labute approximate surface area is 188 Å². The number of pyridine rings is 1. The molecule has 2 aromatic carbocycles. The van der Waals surface area contributed by atoms with Gasteiger partial charge in [-0.2, -0.15) is 5.10 Å². The molecule has 1 fully saturated rings. The van der Waals surface area contributed by atoms with E-state index >= 15 is 0 Å². The summed E-state index contributed by atoms with van der Waals surface area (Å²) in [5.74, 6) is 1.57. The topological polar surface area (TPSA) is 56.8 Å². The Morgan fingerprint density at radius 3 is 2.34 bits per heavy atom. The van der Waals surface area contributed by atoms with E-state index in [0.29, 0.717) is 12.0 Å². The van der Waals surface area contributed by atoms with Crippen molar-refractivity contribution in [2.45, 2.75) is 50.7 Å². The number of hydrogen-bond acceptors (Lipinski definition) is 4. The standard InChI is InChI=1S/C27H29N5/c1-3-7-19(8-4-1)17-32(18-20-9-5-2-6-10-20)22-12-11-21(15-22)26-25-23-13-14-28-27(23)29-16-24(25)30-31-26/h1-10,16,21-22H,11-15,17-18H2,(H,28,29)(H,30,31)/t21?,22-/m0/s1. The summed E-state index contributed by atoms with van der Waals surface area (Å²) in [6.07, 6.45) is 6.54. The van der Waals surface area contributed by atoms with Crippen LogP contribution in [0.4, 0.5) is 5.82 Å². The minimum absolute atomic E-state index is 0.520. The summed E-state index contributed by atoms with van der Waals surface area (Å²) in [4.78, 5) is 7.24. The predicted molar refractivity (Wildman–Crippen MR) is 129 cm³/mol. The Hall–Kier alpha value is -3.18.